The van der Waals surface area contributed by atoms with Crippen LogP contribution in [0.4, 0.5) is 0 Å². The quantitative estimate of drug-likeness (QED) is 0.904. The second-order valence-electron chi connectivity index (χ2n) is 5.77. The minimum absolute atomic E-state index is 0.171. The first kappa shape index (κ1) is 13.1. The third-order valence-electron chi connectivity index (χ3n) is 4.59. The Morgan fingerprint density at radius 3 is 3.05 bits per heavy atom. The second kappa shape index (κ2) is 5.25. The van der Waals surface area contributed by atoms with Crippen LogP contribution >= 0.6 is 11.3 Å². The Balaban J connectivity index is 1.79. The van der Waals surface area contributed by atoms with Crippen molar-refractivity contribution in [1.82, 2.24) is 4.90 Å². The van der Waals surface area contributed by atoms with Gasteiger partial charge in [-0.1, -0.05) is 6.92 Å². The van der Waals surface area contributed by atoms with Crippen LogP contribution in [0.1, 0.15) is 49.1 Å². The Morgan fingerprint density at radius 2 is 2.37 bits per heavy atom. The average molecular weight is 278 g/mol. The summed E-state index contributed by atoms with van der Waals surface area (Å²) in [5, 5.41) is 2.16. The molecule has 104 valence electrons. The number of thiophene rings is 1. The maximum Gasteiger partial charge on any atom is 0.226 e. The first-order valence-electron chi connectivity index (χ1n) is 7.33. The predicted octanol–water partition coefficient (Wildman–Crippen LogP) is 2.71. The molecule has 3 unspecified atom stereocenters. The van der Waals surface area contributed by atoms with Crippen molar-refractivity contribution >= 4 is 17.2 Å². The van der Waals surface area contributed by atoms with E-state index in [1.54, 1.807) is 0 Å². The fourth-order valence-electron chi connectivity index (χ4n) is 3.58. The van der Waals surface area contributed by atoms with Gasteiger partial charge in [0.2, 0.25) is 5.91 Å². The average Bonchev–Trinajstić information content (AvgIpc) is 3.04. The van der Waals surface area contributed by atoms with Crippen molar-refractivity contribution in [3.8, 4) is 0 Å². The van der Waals surface area contributed by atoms with E-state index in [0.717, 1.165) is 38.6 Å². The lowest BCUT2D eigenvalue weighted by molar-refractivity contribution is -0.138. The molecule has 1 aromatic heterocycles. The molecule has 0 radical (unpaired) electrons. The third kappa shape index (κ3) is 2.32. The number of rotatable bonds is 2. The minimum atomic E-state index is 0.171. The van der Waals surface area contributed by atoms with E-state index in [0.29, 0.717) is 11.9 Å². The van der Waals surface area contributed by atoms with Gasteiger partial charge in [0.25, 0.3) is 0 Å². The summed E-state index contributed by atoms with van der Waals surface area (Å²) in [7, 11) is 0. The van der Waals surface area contributed by atoms with Gasteiger partial charge in [-0.05, 0) is 49.1 Å². The van der Waals surface area contributed by atoms with Crippen molar-refractivity contribution in [2.45, 2.75) is 51.1 Å². The van der Waals surface area contributed by atoms with Crippen LogP contribution in [0, 0.1) is 5.92 Å². The lowest BCUT2D eigenvalue weighted by atomic mass is 9.95. The maximum absolute atomic E-state index is 12.7. The van der Waals surface area contributed by atoms with Crippen LogP contribution in [0.15, 0.2) is 11.4 Å². The molecule has 2 aliphatic rings. The highest BCUT2D eigenvalue weighted by molar-refractivity contribution is 7.10. The van der Waals surface area contributed by atoms with Crippen molar-refractivity contribution in [1.29, 1.82) is 0 Å². The highest BCUT2D eigenvalue weighted by Gasteiger charge is 2.36. The fraction of sp³-hybridized carbons (Fsp3) is 0.667. The number of fused-ring (bicyclic) bond motifs is 1. The molecule has 0 spiro atoms. The van der Waals surface area contributed by atoms with E-state index < -0.39 is 0 Å². The van der Waals surface area contributed by atoms with Gasteiger partial charge < -0.3 is 10.6 Å². The van der Waals surface area contributed by atoms with Crippen molar-refractivity contribution in [2.75, 3.05) is 6.54 Å². The van der Waals surface area contributed by atoms with Crippen LogP contribution in [0.3, 0.4) is 0 Å². The van der Waals surface area contributed by atoms with Crippen LogP contribution < -0.4 is 5.73 Å². The van der Waals surface area contributed by atoms with Crippen molar-refractivity contribution < 1.29 is 4.79 Å². The van der Waals surface area contributed by atoms with Gasteiger partial charge in [-0.25, -0.2) is 0 Å². The predicted molar refractivity (Wildman–Crippen MR) is 78.1 cm³/mol. The van der Waals surface area contributed by atoms with Crippen LogP contribution in [-0.4, -0.2) is 23.4 Å². The molecule has 0 bridgehead atoms. The zero-order valence-corrected chi connectivity index (χ0v) is 12.3. The van der Waals surface area contributed by atoms with E-state index in [4.69, 9.17) is 5.73 Å². The SMILES string of the molecule is CCC1c2ccsc2CCN1C(=O)C1CCC(N)C1. The summed E-state index contributed by atoms with van der Waals surface area (Å²) in [6, 6.07) is 2.73. The van der Waals surface area contributed by atoms with E-state index in [2.05, 4.69) is 23.3 Å². The number of hydrogen-bond donors (Lipinski definition) is 1. The first-order chi connectivity index (χ1) is 9.20. The van der Waals surface area contributed by atoms with E-state index in [1.807, 2.05) is 11.3 Å². The zero-order valence-electron chi connectivity index (χ0n) is 11.5. The summed E-state index contributed by atoms with van der Waals surface area (Å²) >= 11 is 1.83. The fourth-order valence-corrected chi connectivity index (χ4v) is 4.50. The lowest BCUT2D eigenvalue weighted by Crippen LogP contribution is -2.42. The van der Waals surface area contributed by atoms with Crippen molar-refractivity contribution in [3.05, 3.63) is 21.9 Å². The summed E-state index contributed by atoms with van der Waals surface area (Å²) in [6.07, 6.45) is 4.89. The minimum Gasteiger partial charge on any atom is -0.335 e. The Labute approximate surface area is 118 Å². The van der Waals surface area contributed by atoms with E-state index in [9.17, 15) is 4.79 Å². The van der Waals surface area contributed by atoms with E-state index in [1.165, 1.54) is 10.4 Å². The van der Waals surface area contributed by atoms with Gasteiger partial charge in [-0.15, -0.1) is 11.3 Å². The Hall–Kier alpha value is -0.870. The third-order valence-corrected chi connectivity index (χ3v) is 5.58. The summed E-state index contributed by atoms with van der Waals surface area (Å²) in [5.41, 5.74) is 7.33. The van der Waals surface area contributed by atoms with Crippen molar-refractivity contribution in [3.63, 3.8) is 0 Å². The van der Waals surface area contributed by atoms with E-state index in [-0.39, 0.29) is 12.0 Å². The van der Waals surface area contributed by atoms with Gasteiger partial charge in [0.1, 0.15) is 0 Å². The van der Waals surface area contributed by atoms with Crippen LogP contribution in [-0.2, 0) is 11.2 Å². The highest BCUT2D eigenvalue weighted by Crippen LogP contribution is 2.37. The lowest BCUT2D eigenvalue weighted by Gasteiger charge is -2.37. The number of amides is 1. The molecule has 1 aromatic rings. The maximum atomic E-state index is 12.7. The number of carbonyl (C=O) groups is 1. The van der Waals surface area contributed by atoms with Crippen molar-refractivity contribution in [2.24, 2.45) is 11.7 Å². The Morgan fingerprint density at radius 1 is 1.53 bits per heavy atom. The smallest absolute Gasteiger partial charge is 0.226 e. The number of nitrogens with zero attached hydrogens (tertiary/aromatic N) is 1. The molecule has 1 aliphatic heterocycles. The van der Waals surface area contributed by atoms with Gasteiger partial charge in [0.05, 0.1) is 6.04 Å². The summed E-state index contributed by atoms with van der Waals surface area (Å²) in [6.45, 7) is 3.06. The molecule has 2 heterocycles. The Bertz CT molecular complexity index is 470. The van der Waals surface area contributed by atoms with Gasteiger partial charge in [0.15, 0.2) is 0 Å². The largest absolute Gasteiger partial charge is 0.335 e. The standard InChI is InChI=1S/C15H22N2OS/c1-2-13-12-6-8-19-14(12)5-7-17(13)15(18)10-3-4-11(16)9-10/h6,8,10-11,13H,2-5,7,9,16H2,1H3. The molecular weight excluding hydrogens is 256 g/mol. The number of hydrogen-bond acceptors (Lipinski definition) is 3. The normalized spacial score (nSPS) is 30.4. The summed E-state index contributed by atoms with van der Waals surface area (Å²) < 4.78 is 0. The topological polar surface area (TPSA) is 46.3 Å². The zero-order chi connectivity index (χ0) is 13.4. The summed E-state index contributed by atoms with van der Waals surface area (Å²) in [4.78, 5) is 16.3. The van der Waals surface area contributed by atoms with E-state index >= 15 is 0 Å². The van der Waals surface area contributed by atoms with Gasteiger partial charge >= 0.3 is 0 Å². The van der Waals surface area contributed by atoms with Gasteiger partial charge in [0, 0.05) is 23.4 Å². The molecular formula is C15H22N2OS. The second-order valence-corrected chi connectivity index (χ2v) is 6.78. The molecule has 1 aliphatic carbocycles. The number of carbonyl (C=O) groups excluding carboxylic acids is 1. The molecule has 2 N–H and O–H groups in total. The molecule has 3 rings (SSSR count). The molecule has 1 amide bonds. The molecule has 1 saturated carbocycles. The molecule has 4 heteroatoms. The monoisotopic (exact) mass is 278 g/mol. The van der Waals surface area contributed by atoms with Crippen LogP contribution in [0.25, 0.3) is 0 Å². The first-order valence-corrected chi connectivity index (χ1v) is 8.21. The molecule has 3 nitrogen and oxygen atoms in total. The van der Waals surface area contributed by atoms with Gasteiger partial charge in [-0.3, -0.25) is 4.79 Å². The molecule has 0 aromatic carbocycles. The Kier molecular flexibility index (Phi) is 3.63. The molecule has 3 atom stereocenters. The number of nitrogens with two attached hydrogens (primary N) is 1. The molecule has 1 fully saturated rings. The molecule has 19 heavy (non-hydrogen) atoms. The van der Waals surface area contributed by atoms with Gasteiger partial charge in [-0.2, -0.15) is 0 Å². The van der Waals surface area contributed by atoms with Crippen LogP contribution in [0.5, 0.6) is 0 Å². The van der Waals surface area contributed by atoms with Crippen LogP contribution in [0.2, 0.25) is 0 Å². The highest BCUT2D eigenvalue weighted by atomic mass is 32.1. The molecule has 0 saturated heterocycles. The summed E-state index contributed by atoms with van der Waals surface area (Å²) in [5.74, 6) is 0.515.